The summed E-state index contributed by atoms with van der Waals surface area (Å²) in [6, 6.07) is 1.51. The molecule has 0 bridgehead atoms. The van der Waals surface area contributed by atoms with Gasteiger partial charge < -0.3 is 10.0 Å². The van der Waals surface area contributed by atoms with E-state index in [-0.39, 0.29) is 12.1 Å². The lowest BCUT2D eigenvalue weighted by Gasteiger charge is -2.13. The smallest absolute Gasteiger partial charge is 0.268 e. The van der Waals surface area contributed by atoms with Crippen LogP contribution < -0.4 is 10.5 Å². The maximum atomic E-state index is 11.6. The topological polar surface area (TPSA) is 58.4 Å². The molecule has 1 N–H and O–H groups in total. The molecule has 0 fully saturated rings. The van der Waals surface area contributed by atoms with Crippen molar-refractivity contribution in [3.8, 4) is 0 Å². The summed E-state index contributed by atoms with van der Waals surface area (Å²) < 4.78 is 1.28. The van der Waals surface area contributed by atoms with E-state index >= 15 is 0 Å². The monoisotopic (exact) mass is 211 g/mol. The first-order valence-electron chi connectivity index (χ1n) is 4.97. The van der Waals surface area contributed by atoms with Gasteiger partial charge in [0.2, 0.25) is 0 Å². The van der Waals surface area contributed by atoms with Gasteiger partial charge in [0.25, 0.3) is 5.56 Å². The molecule has 1 heterocycles. The predicted octanol–water partition coefficient (Wildman–Crippen LogP) is 0.0802. The van der Waals surface area contributed by atoms with Gasteiger partial charge in [-0.05, 0) is 6.42 Å². The van der Waals surface area contributed by atoms with Gasteiger partial charge in [0.15, 0.2) is 0 Å². The average molecular weight is 211 g/mol. The number of anilines is 1. The fourth-order valence-corrected chi connectivity index (χ4v) is 1.13. The Morgan fingerprint density at radius 1 is 1.60 bits per heavy atom. The summed E-state index contributed by atoms with van der Waals surface area (Å²) in [7, 11) is 3.70. The number of hydrogen-bond acceptors (Lipinski definition) is 4. The summed E-state index contributed by atoms with van der Waals surface area (Å²) in [6.45, 7) is 2.12. The highest BCUT2D eigenvalue weighted by Gasteiger charge is 2.06. The highest BCUT2D eigenvalue weighted by atomic mass is 16.3. The van der Waals surface area contributed by atoms with Crippen LogP contribution in [0.25, 0.3) is 0 Å². The molecule has 0 aliphatic carbocycles. The van der Waals surface area contributed by atoms with Crippen molar-refractivity contribution < 1.29 is 5.11 Å². The largest absolute Gasteiger partial charge is 0.391 e. The second-order valence-corrected chi connectivity index (χ2v) is 3.69. The van der Waals surface area contributed by atoms with E-state index in [0.29, 0.717) is 6.42 Å². The number of aromatic nitrogens is 2. The molecule has 0 aliphatic rings. The molecule has 1 aromatic rings. The first-order valence-corrected chi connectivity index (χ1v) is 4.97. The molecule has 0 aliphatic heterocycles. The average Bonchev–Trinajstić information content (AvgIpc) is 2.20. The Balaban J connectivity index is 2.89. The molecule has 0 amide bonds. The van der Waals surface area contributed by atoms with Crippen molar-refractivity contribution in [3.63, 3.8) is 0 Å². The van der Waals surface area contributed by atoms with Crippen molar-refractivity contribution in [2.24, 2.45) is 0 Å². The highest BCUT2D eigenvalue weighted by Crippen LogP contribution is 2.03. The van der Waals surface area contributed by atoms with Crippen molar-refractivity contribution in [2.45, 2.75) is 26.0 Å². The molecule has 0 radical (unpaired) electrons. The zero-order valence-corrected chi connectivity index (χ0v) is 9.34. The number of nitrogens with zero attached hydrogens (tertiary/aromatic N) is 3. The zero-order chi connectivity index (χ0) is 11.4. The fourth-order valence-electron chi connectivity index (χ4n) is 1.13. The van der Waals surface area contributed by atoms with Crippen LogP contribution in [-0.4, -0.2) is 35.1 Å². The summed E-state index contributed by atoms with van der Waals surface area (Å²) in [5.74, 6) is 0. The predicted molar refractivity (Wildman–Crippen MR) is 59.1 cm³/mol. The molecule has 1 unspecified atom stereocenters. The highest BCUT2D eigenvalue weighted by molar-refractivity contribution is 5.40. The maximum absolute atomic E-state index is 11.6. The first kappa shape index (κ1) is 11.7. The second-order valence-electron chi connectivity index (χ2n) is 3.69. The number of rotatable bonds is 4. The molecule has 5 heteroatoms. The van der Waals surface area contributed by atoms with Gasteiger partial charge in [-0.1, -0.05) is 6.92 Å². The lowest BCUT2D eigenvalue weighted by atomic mass is 10.3. The Kier molecular flexibility index (Phi) is 3.85. The first-order chi connectivity index (χ1) is 7.04. The zero-order valence-electron chi connectivity index (χ0n) is 9.34. The fraction of sp³-hybridized carbons (Fsp3) is 0.600. The molecule has 0 saturated heterocycles. The van der Waals surface area contributed by atoms with Crippen LogP contribution in [0, 0.1) is 0 Å². The van der Waals surface area contributed by atoms with Crippen LogP contribution >= 0.6 is 0 Å². The van der Waals surface area contributed by atoms with E-state index in [4.69, 9.17) is 0 Å². The molecule has 1 atom stereocenters. The summed E-state index contributed by atoms with van der Waals surface area (Å²) in [5.41, 5.74) is 0.580. The third-order valence-corrected chi connectivity index (χ3v) is 2.23. The van der Waals surface area contributed by atoms with Crippen LogP contribution in [0.2, 0.25) is 0 Å². The number of aliphatic hydroxyl groups is 1. The van der Waals surface area contributed by atoms with Crippen LogP contribution in [0.15, 0.2) is 17.1 Å². The van der Waals surface area contributed by atoms with Gasteiger partial charge in [-0.25, -0.2) is 4.68 Å². The molecule has 0 saturated carbocycles. The minimum absolute atomic E-state index is 0.186. The summed E-state index contributed by atoms with van der Waals surface area (Å²) in [5, 5.41) is 13.4. The van der Waals surface area contributed by atoms with E-state index in [0.717, 1.165) is 5.69 Å². The van der Waals surface area contributed by atoms with Gasteiger partial charge in [0.05, 0.1) is 24.5 Å². The van der Waals surface area contributed by atoms with Gasteiger partial charge in [0, 0.05) is 20.2 Å². The minimum Gasteiger partial charge on any atom is -0.391 e. The molecule has 5 nitrogen and oxygen atoms in total. The molecular formula is C10H17N3O2. The van der Waals surface area contributed by atoms with Gasteiger partial charge in [-0.2, -0.15) is 5.10 Å². The molecule has 1 rings (SSSR count). The minimum atomic E-state index is -0.514. The molecule has 15 heavy (non-hydrogen) atoms. The Bertz CT molecular complexity index is 373. The Hall–Kier alpha value is -1.36. The maximum Gasteiger partial charge on any atom is 0.268 e. The van der Waals surface area contributed by atoms with Gasteiger partial charge in [-0.3, -0.25) is 4.79 Å². The molecule has 0 aromatic carbocycles. The third kappa shape index (κ3) is 3.06. The van der Waals surface area contributed by atoms with Gasteiger partial charge in [0.1, 0.15) is 0 Å². The van der Waals surface area contributed by atoms with E-state index in [1.807, 2.05) is 25.9 Å². The quantitative estimate of drug-likeness (QED) is 0.766. The van der Waals surface area contributed by atoms with Crippen molar-refractivity contribution >= 4 is 5.69 Å². The molecule has 1 aromatic heterocycles. The van der Waals surface area contributed by atoms with E-state index in [1.54, 1.807) is 6.20 Å². The second kappa shape index (κ2) is 4.93. The summed E-state index contributed by atoms with van der Waals surface area (Å²) in [4.78, 5) is 13.4. The van der Waals surface area contributed by atoms with Crippen molar-refractivity contribution in [2.75, 3.05) is 19.0 Å². The van der Waals surface area contributed by atoms with Crippen LogP contribution in [0.5, 0.6) is 0 Å². The SMILES string of the molecule is CCC(O)Cn1ncc(N(C)C)cc1=O. The van der Waals surface area contributed by atoms with Crippen LogP contribution in [0.4, 0.5) is 5.69 Å². The van der Waals surface area contributed by atoms with Gasteiger partial charge in [-0.15, -0.1) is 0 Å². The number of aliphatic hydroxyl groups excluding tert-OH is 1. The normalized spacial score (nSPS) is 12.5. The summed E-state index contributed by atoms with van der Waals surface area (Å²) in [6.07, 6.45) is 1.72. The van der Waals surface area contributed by atoms with E-state index in [9.17, 15) is 9.90 Å². The molecule has 84 valence electrons. The van der Waals surface area contributed by atoms with Gasteiger partial charge >= 0.3 is 0 Å². The van der Waals surface area contributed by atoms with Crippen molar-refractivity contribution in [1.82, 2.24) is 9.78 Å². The standard InChI is InChI=1S/C10H17N3O2/c1-4-9(14)7-13-10(15)5-8(6-11-13)12(2)3/h5-6,9,14H,4,7H2,1-3H3. The van der Waals surface area contributed by atoms with E-state index in [1.165, 1.54) is 10.7 Å². The molecule has 0 spiro atoms. The lowest BCUT2D eigenvalue weighted by Crippen LogP contribution is -2.28. The summed E-state index contributed by atoms with van der Waals surface area (Å²) >= 11 is 0. The van der Waals surface area contributed by atoms with Crippen molar-refractivity contribution in [1.29, 1.82) is 0 Å². The molecular weight excluding hydrogens is 194 g/mol. The lowest BCUT2D eigenvalue weighted by molar-refractivity contribution is 0.143. The van der Waals surface area contributed by atoms with Crippen LogP contribution in [0.3, 0.4) is 0 Å². The Morgan fingerprint density at radius 2 is 2.27 bits per heavy atom. The van der Waals surface area contributed by atoms with E-state index in [2.05, 4.69) is 5.10 Å². The Morgan fingerprint density at radius 3 is 2.73 bits per heavy atom. The Labute approximate surface area is 89.0 Å². The third-order valence-electron chi connectivity index (χ3n) is 2.23. The van der Waals surface area contributed by atoms with Crippen molar-refractivity contribution in [3.05, 3.63) is 22.6 Å². The van der Waals surface area contributed by atoms with E-state index < -0.39 is 6.10 Å². The van der Waals surface area contributed by atoms with Crippen LogP contribution in [0.1, 0.15) is 13.3 Å². The number of hydrogen-bond donors (Lipinski definition) is 1. The van der Waals surface area contributed by atoms with Crippen LogP contribution in [-0.2, 0) is 6.54 Å².